The maximum Gasteiger partial charge on any atom is 0.254 e. The molecule has 1 saturated heterocycles. The highest BCUT2D eigenvalue weighted by atomic mass is 16.1. The lowest BCUT2D eigenvalue weighted by Crippen LogP contribution is -2.57. The number of aryl methyl sites for hydroxylation is 1. The van der Waals surface area contributed by atoms with E-state index in [1.165, 1.54) is 6.33 Å². The largest absolute Gasteiger partial charge is 0.368 e. The van der Waals surface area contributed by atoms with Crippen molar-refractivity contribution in [3.05, 3.63) is 18.1 Å². The molecule has 2 aromatic heterocycles. The third kappa shape index (κ3) is 1.99. The van der Waals surface area contributed by atoms with Crippen LogP contribution in [-0.4, -0.2) is 51.2 Å². The van der Waals surface area contributed by atoms with E-state index in [9.17, 15) is 4.79 Å². The number of nitrogens with zero attached hydrogens (tertiary/aromatic N) is 5. The molecule has 1 unspecified atom stereocenters. The number of piperazine rings is 1. The molecule has 1 fully saturated rings. The SMILES string of the molecule is Cc1cc(N2CCNCC2C(N)=O)n2ncnc2n1. The molecule has 0 spiro atoms. The zero-order valence-corrected chi connectivity index (χ0v) is 10.6. The molecular weight excluding hydrogens is 246 g/mol. The van der Waals surface area contributed by atoms with Crippen LogP contribution in [0.25, 0.3) is 5.78 Å². The van der Waals surface area contributed by atoms with Gasteiger partial charge in [0.25, 0.3) is 5.78 Å². The average molecular weight is 261 g/mol. The Labute approximate surface area is 109 Å². The predicted molar refractivity (Wildman–Crippen MR) is 68.7 cm³/mol. The molecule has 1 aliphatic rings. The molecule has 0 radical (unpaired) electrons. The fourth-order valence-electron chi connectivity index (χ4n) is 2.35. The quantitative estimate of drug-likeness (QED) is 0.696. The Bertz CT molecular complexity index is 623. The second-order valence-corrected chi connectivity index (χ2v) is 4.54. The lowest BCUT2D eigenvalue weighted by atomic mass is 10.2. The fourth-order valence-corrected chi connectivity index (χ4v) is 2.35. The Morgan fingerprint density at radius 3 is 3.21 bits per heavy atom. The number of fused-ring (bicyclic) bond motifs is 1. The van der Waals surface area contributed by atoms with Crippen molar-refractivity contribution in [1.29, 1.82) is 0 Å². The normalized spacial score (nSPS) is 19.8. The minimum atomic E-state index is -0.386. The van der Waals surface area contributed by atoms with E-state index in [0.29, 0.717) is 18.9 Å². The summed E-state index contributed by atoms with van der Waals surface area (Å²) in [6, 6.07) is 1.51. The van der Waals surface area contributed by atoms with Crippen LogP contribution in [0.15, 0.2) is 12.4 Å². The summed E-state index contributed by atoms with van der Waals surface area (Å²) in [7, 11) is 0. The minimum absolute atomic E-state index is 0.352. The molecule has 2 aromatic rings. The number of aromatic nitrogens is 4. The molecule has 3 N–H and O–H groups in total. The first-order valence-electron chi connectivity index (χ1n) is 6.11. The predicted octanol–water partition coefficient (Wildman–Crippen LogP) is -1.30. The fraction of sp³-hybridized carbons (Fsp3) is 0.455. The lowest BCUT2D eigenvalue weighted by molar-refractivity contribution is -0.119. The molecule has 0 aliphatic carbocycles. The van der Waals surface area contributed by atoms with E-state index < -0.39 is 0 Å². The second kappa shape index (κ2) is 4.47. The van der Waals surface area contributed by atoms with Crippen molar-refractivity contribution in [2.24, 2.45) is 5.73 Å². The van der Waals surface area contributed by atoms with Gasteiger partial charge < -0.3 is 16.0 Å². The van der Waals surface area contributed by atoms with E-state index in [2.05, 4.69) is 20.4 Å². The summed E-state index contributed by atoms with van der Waals surface area (Å²) in [6.07, 6.45) is 1.45. The van der Waals surface area contributed by atoms with Crippen LogP contribution >= 0.6 is 0 Å². The van der Waals surface area contributed by atoms with Gasteiger partial charge in [0, 0.05) is 31.4 Å². The summed E-state index contributed by atoms with van der Waals surface area (Å²) in [5.74, 6) is 0.969. The Morgan fingerprint density at radius 2 is 2.42 bits per heavy atom. The standard InChI is InChI=1S/C11H15N7O/c1-7-4-9(18-11(16-7)14-6-15-18)17-3-2-13-5-8(17)10(12)19/h4,6,8,13H,2-3,5H2,1H3,(H2,12,19). The van der Waals surface area contributed by atoms with Crippen molar-refractivity contribution in [3.8, 4) is 0 Å². The first kappa shape index (κ1) is 11.8. The van der Waals surface area contributed by atoms with Crippen LogP contribution in [0.1, 0.15) is 5.69 Å². The third-order valence-corrected chi connectivity index (χ3v) is 3.23. The van der Waals surface area contributed by atoms with Crippen molar-refractivity contribution < 1.29 is 4.79 Å². The molecule has 19 heavy (non-hydrogen) atoms. The number of anilines is 1. The van der Waals surface area contributed by atoms with Crippen LogP contribution in [0.3, 0.4) is 0 Å². The van der Waals surface area contributed by atoms with Gasteiger partial charge >= 0.3 is 0 Å². The molecule has 0 saturated carbocycles. The maximum atomic E-state index is 11.6. The Morgan fingerprint density at radius 1 is 1.58 bits per heavy atom. The van der Waals surface area contributed by atoms with Gasteiger partial charge in [-0.2, -0.15) is 14.6 Å². The highest BCUT2D eigenvalue weighted by Gasteiger charge is 2.29. The molecule has 100 valence electrons. The smallest absolute Gasteiger partial charge is 0.254 e. The van der Waals surface area contributed by atoms with Gasteiger partial charge in [-0.05, 0) is 6.92 Å². The lowest BCUT2D eigenvalue weighted by Gasteiger charge is -2.35. The van der Waals surface area contributed by atoms with Crippen LogP contribution < -0.4 is 16.0 Å². The Balaban J connectivity index is 2.11. The van der Waals surface area contributed by atoms with Gasteiger partial charge in [0.1, 0.15) is 18.2 Å². The maximum absolute atomic E-state index is 11.6. The number of hydrogen-bond donors (Lipinski definition) is 2. The number of carbonyl (C=O) groups excluding carboxylic acids is 1. The molecule has 0 aromatic carbocycles. The van der Waals surface area contributed by atoms with Gasteiger partial charge in [0.05, 0.1) is 0 Å². The monoisotopic (exact) mass is 261 g/mol. The summed E-state index contributed by atoms with van der Waals surface area (Å²) in [5.41, 5.74) is 6.30. The number of amides is 1. The number of primary amides is 1. The van der Waals surface area contributed by atoms with E-state index in [0.717, 1.165) is 18.1 Å². The summed E-state index contributed by atoms with van der Waals surface area (Å²) < 4.78 is 1.63. The van der Waals surface area contributed by atoms with Crippen molar-refractivity contribution in [1.82, 2.24) is 24.9 Å². The Kier molecular flexibility index (Phi) is 2.79. The topological polar surface area (TPSA) is 101 Å². The van der Waals surface area contributed by atoms with Crippen molar-refractivity contribution >= 4 is 17.5 Å². The van der Waals surface area contributed by atoms with Crippen LogP contribution in [0.4, 0.5) is 5.82 Å². The molecule has 8 nitrogen and oxygen atoms in total. The summed E-state index contributed by atoms with van der Waals surface area (Å²) in [6.45, 7) is 3.90. The highest BCUT2D eigenvalue weighted by molar-refractivity contribution is 5.84. The molecule has 1 amide bonds. The molecular formula is C11H15N7O. The minimum Gasteiger partial charge on any atom is -0.368 e. The van der Waals surface area contributed by atoms with Crippen LogP contribution in [0.2, 0.25) is 0 Å². The summed E-state index contributed by atoms with van der Waals surface area (Å²) in [5, 5.41) is 7.33. The number of nitrogens with two attached hydrogens (primary N) is 1. The zero-order chi connectivity index (χ0) is 13.4. The van der Waals surface area contributed by atoms with Gasteiger partial charge in [-0.3, -0.25) is 4.79 Å². The van der Waals surface area contributed by atoms with E-state index >= 15 is 0 Å². The van der Waals surface area contributed by atoms with Gasteiger partial charge in [-0.25, -0.2) is 4.98 Å². The number of carbonyl (C=O) groups is 1. The average Bonchev–Trinajstić information content (AvgIpc) is 2.85. The highest BCUT2D eigenvalue weighted by Crippen LogP contribution is 2.19. The Hall–Kier alpha value is -2.22. The molecule has 1 aliphatic heterocycles. The van der Waals surface area contributed by atoms with E-state index in [1.54, 1.807) is 4.52 Å². The first-order valence-corrected chi connectivity index (χ1v) is 6.11. The van der Waals surface area contributed by atoms with Gasteiger partial charge in [0.15, 0.2) is 0 Å². The van der Waals surface area contributed by atoms with Crippen LogP contribution in [0, 0.1) is 6.92 Å². The number of nitrogens with one attached hydrogen (secondary N) is 1. The summed E-state index contributed by atoms with van der Waals surface area (Å²) >= 11 is 0. The van der Waals surface area contributed by atoms with Gasteiger partial charge in [0.2, 0.25) is 5.91 Å². The van der Waals surface area contributed by atoms with E-state index in [1.807, 2.05) is 17.9 Å². The molecule has 8 heteroatoms. The van der Waals surface area contributed by atoms with Crippen LogP contribution in [0.5, 0.6) is 0 Å². The third-order valence-electron chi connectivity index (χ3n) is 3.23. The summed E-state index contributed by atoms with van der Waals surface area (Å²) in [4.78, 5) is 21.9. The van der Waals surface area contributed by atoms with Gasteiger partial charge in [-0.15, -0.1) is 0 Å². The zero-order valence-electron chi connectivity index (χ0n) is 10.6. The second-order valence-electron chi connectivity index (χ2n) is 4.54. The number of hydrogen-bond acceptors (Lipinski definition) is 6. The van der Waals surface area contributed by atoms with E-state index in [4.69, 9.17) is 5.73 Å². The van der Waals surface area contributed by atoms with Crippen molar-refractivity contribution in [2.45, 2.75) is 13.0 Å². The molecule has 1 atom stereocenters. The van der Waals surface area contributed by atoms with Gasteiger partial charge in [-0.1, -0.05) is 0 Å². The van der Waals surface area contributed by atoms with Crippen molar-refractivity contribution in [3.63, 3.8) is 0 Å². The molecule has 3 rings (SSSR count). The number of rotatable bonds is 2. The molecule has 3 heterocycles. The molecule has 0 bridgehead atoms. The van der Waals surface area contributed by atoms with Crippen LogP contribution in [-0.2, 0) is 4.79 Å². The van der Waals surface area contributed by atoms with E-state index in [-0.39, 0.29) is 11.9 Å². The van der Waals surface area contributed by atoms with Crippen molar-refractivity contribution in [2.75, 3.05) is 24.5 Å². The first-order chi connectivity index (χ1) is 9.16.